The fraction of sp³-hybridized carbons (Fsp3) is 0.500. The zero-order valence-corrected chi connectivity index (χ0v) is 13.1. The highest BCUT2D eigenvalue weighted by Crippen LogP contribution is 2.16. The number of carbonyl (C=O) groups is 2. The number of amides is 3. The fourth-order valence-corrected chi connectivity index (χ4v) is 2.55. The predicted molar refractivity (Wildman–Crippen MR) is 83.6 cm³/mol. The lowest BCUT2D eigenvalue weighted by Crippen LogP contribution is -2.49. The molecule has 0 bridgehead atoms. The number of benzene rings is 1. The van der Waals surface area contributed by atoms with E-state index in [4.69, 9.17) is 4.74 Å². The fourth-order valence-electron chi connectivity index (χ4n) is 2.55. The van der Waals surface area contributed by atoms with Gasteiger partial charge in [-0.2, -0.15) is 0 Å². The van der Waals surface area contributed by atoms with Gasteiger partial charge in [0.2, 0.25) is 5.91 Å². The Bertz CT molecular complexity index is 527. The zero-order chi connectivity index (χ0) is 15.9. The molecule has 0 spiro atoms. The molecular weight excluding hydrogens is 282 g/mol. The molecule has 1 aliphatic rings. The van der Waals surface area contributed by atoms with Crippen molar-refractivity contribution in [3.63, 3.8) is 0 Å². The summed E-state index contributed by atoms with van der Waals surface area (Å²) in [7, 11) is 1.59. The monoisotopic (exact) mass is 305 g/mol. The van der Waals surface area contributed by atoms with Crippen LogP contribution < -0.4 is 15.4 Å². The Hall–Kier alpha value is -2.24. The number of nitrogens with one attached hydrogen (secondary N) is 2. The lowest BCUT2D eigenvalue weighted by molar-refractivity contribution is -0.131. The van der Waals surface area contributed by atoms with E-state index in [1.807, 2.05) is 24.3 Å². The van der Waals surface area contributed by atoms with Crippen LogP contribution in [0.3, 0.4) is 0 Å². The van der Waals surface area contributed by atoms with Crippen molar-refractivity contribution in [3.8, 4) is 5.75 Å². The highest BCUT2D eigenvalue weighted by Gasteiger charge is 2.24. The molecule has 1 aromatic carbocycles. The van der Waals surface area contributed by atoms with Gasteiger partial charge in [0.25, 0.3) is 0 Å². The van der Waals surface area contributed by atoms with Crippen molar-refractivity contribution in [1.82, 2.24) is 15.5 Å². The zero-order valence-electron chi connectivity index (χ0n) is 13.1. The first kappa shape index (κ1) is 16.1. The Balaban J connectivity index is 1.81. The van der Waals surface area contributed by atoms with E-state index >= 15 is 0 Å². The lowest BCUT2D eigenvalue weighted by Gasteiger charge is -2.21. The minimum Gasteiger partial charge on any atom is -0.496 e. The van der Waals surface area contributed by atoms with E-state index in [1.54, 1.807) is 18.9 Å². The molecule has 0 saturated carbocycles. The summed E-state index contributed by atoms with van der Waals surface area (Å²) >= 11 is 0. The van der Waals surface area contributed by atoms with Gasteiger partial charge < -0.3 is 20.3 Å². The molecule has 1 aliphatic heterocycles. The van der Waals surface area contributed by atoms with Crippen molar-refractivity contribution in [1.29, 1.82) is 0 Å². The molecule has 22 heavy (non-hydrogen) atoms. The van der Waals surface area contributed by atoms with Crippen molar-refractivity contribution in [3.05, 3.63) is 29.8 Å². The first-order chi connectivity index (χ1) is 10.6. The summed E-state index contributed by atoms with van der Waals surface area (Å²) in [6.45, 7) is 3.63. The standard InChI is InChI=1S/C16H23N3O3/c1-12(15(20)19-9-5-6-10-19)18-16(21)17-11-13-7-3-4-8-14(13)22-2/h3-4,7-8,12H,5-6,9-11H2,1-2H3,(H2,17,18,21)/t12-/m1/s1. The molecule has 6 nitrogen and oxygen atoms in total. The largest absolute Gasteiger partial charge is 0.496 e. The van der Waals surface area contributed by atoms with Crippen LogP contribution in [0.4, 0.5) is 4.79 Å². The van der Waals surface area contributed by atoms with Gasteiger partial charge in [0, 0.05) is 25.2 Å². The maximum absolute atomic E-state index is 12.1. The summed E-state index contributed by atoms with van der Waals surface area (Å²) in [5.74, 6) is 0.703. The number of nitrogens with zero attached hydrogens (tertiary/aromatic N) is 1. The van der Waals surface area contributed by atoms with Crippen molar-refractivity contribution < 1.29 is 14.3 Å². The second-order valence-corrected chi connectivity index (χ2v) is 5.39. The number of urea groups is 1. The summed E-state index contributed by atoms with van der Waals surface area (Å²) in [6, 6.07) is 6.62. The lowest BCUT2D eigenvalue weighted by atomic mass is 10.2. The van der Waals surface area contributed by atoms with Crippen LogP contribution in [0.15, 0.2) is 24.3 Å². The van der Waals surface area contributed by atoms with E-state index in [0.29, 0.717) is 6.54 Å². The van der Waals surface area contributed by atoms with Crippen LogP contribution >= 0.6 is 0 Å². The van der Waals surface area contributed by atoms with Crippen LogP contribution in [-0.2, 0) is 11.3 Å². The summed E-state index contributed by atoms with van der Waals surface area (Å²) in [5, 5.41) is 5.43. The quantitative estimate of drug-likeness (QED) is 0.866. The molecule has 0 radical (unpaired) electrons. The van der Waals surface area contributed by atoms with E-state index in [-0.39, 0.29) is 11.9 Å². The molecule has 6 heteroatoms. The summed E-state index contributed by atoms with van der Waals surface area (Å²) in [5.41, 5.74) is 0.888. The number of hydrogen-bond donors (Lipinski definition) is 2. The van der Waals surface area contributed by atoms with Crippen molar-refractivity contribution >= 4 is 11.9 Å². The number of methoxy groups -OCH3 is 1. The molecule has 0 aliphatic carbocycles. The van der Waals surface area contributed by atoms with Gasteiger partial charge >= 0.3 is 6.03 Å². The van der Waals surface area contributed by atoms with Crippen LogP contribution in [0.25, 0.3) is 0 Å². The van der Waals surface area contributed by atoms with Gasteiger partial charge in [-0.3, -0.25) is 4.79 Å². The molecule has 1 atom stereocenters. The van der Waals surface area contributed by atoms with Gasteiger partial charge in [0.15, 0.2) is 0 Å². The van der Waals surface area contributed by atoms with Crippen molar-refractivity contribution in [2.24, 2.45) is 0 Å². The molecule has 1 heterocycles. The third-order valence-electron chi connectivity index (χ3n) is 3.77. The number of para-hydroxylation sites is 1. The van der Waals surface area contributed by atoms with Gasteiger partial charge in [0.1, 0.15) is 11.8 Å². The maximum atomic E-state index is 12.1. The smallest absolute Gasteiger partial charge is 0.315 e. The van der Waals surface area contributed by atoms with Gasteiger partial charge in [0.05, 0.1) is 7.11 Å². The molecule has 1 saturated heterocycles. The molecule has 1 fully saturated rings. The van der Waals surface area contributed by atoms with Gasteiger partial charge in [-0.25, -0.2) is 4.79 Å². The van der Waals surface area contributed by atoms with E-state index < -0.39 is 6.04 Å². The number of carbonyl (C=O) groups excluding carboxylic acids is 2. The van der Waals surface area contributed by atoms with E-state index in [1.165, 1.54) is 0 Å². The minimum atomic E-state index is -0.518. The third kappa shape index (κ3) is 4.13. The number of rotatable bonds is 5. The Morgan fingerprint density at radius 1 is 1.27 bits per heavy atom. The SMILES string of the molecule is COc1ccccc1CNC(=O)N[C@H](C)C(=O)N1CCCC1. The number of likely N-dealkylation sites (tertiary alicyclic amines) is 1. The normalized spacial score (nSPS) is 15.3. The summed E-state index contributed by atoms with van der Waals surface area (Å²) in [4.78, 5) is 25.8. The highest BCUT2D eigenvalue weighted by atomic mass is 16.5. The Morgan fingerprint density at radius 2 is 1.95 bits per heavy atom. The Labute approximate surface area is 130 Å². The second kappa shape index (κ2) is 7.68. The molecule has 0 unspecified atom stereocenters. The van der Waals surface area contributed by atoms with Gasteiger partial charge in [-0.15, -0.1) is 0 Å². The Morgan fingerprint density at radius 3 is 2.64 bits per heavy atom. The topological polar surface area (TPSA) is 70.7 Å². The number of ether oxygens (including phenoxy) is 1. The first-order valence-corrected chi connectivity index (χ1v) is 7.57. The Kier molecular flexibility index (Phi) is 5.63. The van der Waals surface area contributed by atoms with Gasteiger partial charge in [-0.1, -0.05) is 18.2 Å². The minimum absolute atomic E-state index is 0.0232. The van der Waals surface area contributed by atoms with E-state index in [2.05, 4.69) is 10.6 Å². The van der Waals surface area contributed by atoms with E-state index in [9.17, 15) is 9.59 Å². The first-order valence-electron chi connectivity index (χ1n) is 7.57. The van der Waals surface area contributed by atoms with Crippen molar-refractivity contribution in [2.45, 2.75) is 32.4 Å². The van der Waals surface area contributed by atoms with Crippen LogP contribution in [0.1, 0.15) is 25.3 Å². The second-order valence-electron chi connectivity index (χ2n) is 5.39. The molecule has 2 N–H and O–H groups in total. The maximum Gasteiger partial charge on any atom is 0.315 e. The molecule has 1 aromatic rings. The summed E-state index contributed by atoms with van der Waals surface area (Å²) < 4.78 is 5.23. The molecule has 3 amide bonds. The van der Waals surface area contributed by atoms with Crippen LogP contribution in [0, 0.1) is 0 Å². The van der Waals surface area contributed by atoms with Crippen LogP contribution in [0.5, 0.6) is 5.75 Å². The third-order valence-corrected chi connectivity index (χ3v) is 3.77. The predicted octanol–water partition coefficient (Wildman–Crippen LogP) is 1.51. The molecule has 120 valence electrons. The summed E-state index contributed by atoms with van der Waals surface area (Å²) in [6.07, 6.45) is 2.08. The molecule has 2 rings (SSSR count). The highest BCUT2D eigenvalue weighted by molar-refractivity contribution is 5.86. The average Bonchev–Trinajstić information content (AvgIpc) is 3.06. The molecule has 0 aromatic heterocycles. The van der Waals surface area contributed by atoms with Crippen LogP contribution in [0.2, 0.25) is 0 Å². The molecular formula is C16H23N3O3. The van der Waals surface area contributed by atoms with Crippen molar-refractivity contribution in [2.75, 3.05) is 20.2 Å². The number of hydrogen-bond acceptors (Lipinski definition) is 3. The average molecular weight is 305 g/mol. The van der Waals surface area contributed by atoms with Crippen LogP contribution in [-0.4, -0.2) is 43.1 Å². The van der Waals surface area contributed by atoms with E-state index in [0.717, 1.165) is 37.2 Å². The van der Waals surface area contributed by atoms with Gasteiger partial charge in [-0.05, 0) is 25.8 Å².